The van der Waals surface area contributed by atoms with Crippen molar-refractivity contribution in [3.8, 4) is 0 Å². The standard InChI is InChI=1S/C19H18N2S2.ClH/c20-15-6-10-17(11-7-15)22-19(14-4-2-1-3-5-14)23-18-12-8-16(21)9-13-18;/h1-13,19H,20-21H2;1H. The van der Waals surface area contributed by atoms with Crippen LogP contribution >= 0.6 is 35.9 Å². The van der Waals surface area contributed by atoms with E-state index in [2.05, 4.69) is 48.5 Å². The van der Waals surface area contributed by atoms with Crippen molar-refractivity contribution in [3.05, 3.63) is 84.4 Å². The number of nitrogen functional groups attached to an aromatic ring is 2. The molecular weight excluding hydrogens is 356 g/mol. The van der Waals surface area contributed by atoms with Crippen molar-refractivity contribution in [3.63, 3.8) is 0 Å². The van der Waals surface area contributed by atoms with Crippen molar-refractivity contribution in [1.82, 2.24) is 0 Å². The molecule has 0 spiro atoms. The molecule has 5 heteroatoms. The normalized spacial score (nSPS) is 10.4. The molecule has 0 aliphatic carbocycles. The Labute approximate surface area is 157 Å². The first kappa shape index (κ1) is 18.6. The average molecular weight is 375 g/mol. The van der Waals surface area contributed by atoms with Crippen LogP contribution in [0.3, 0.4) is 0 Å². The van der Waals surface area contributed by atoms with E-state index < -0.39 is 0 Å². The van der Waals surface area contributed by atoms with Crippen LogP contribution < -0.4 is 11.5 Å². The Kier molecular flexibility index (Phi) is 6.91. The van der Waals surface area contributed by atoms with Crippen LogP contribution in [0, 0.1) is 0 Å². The van der Waals surface area contributed by atoms with E-state index in [1.807, 2.05) is 53.9 Å². The molecule has 3 aromatic carbocycles. The predicted octanol–water partition coefficient (Wildman–Crippen LogP) is 5.86. The quantitative estimate of drug-likeness (QED) is 0.334. The Hall–Kier alpha value is -1.75. The summed E-state index contributed by atoms with van der Waals surface area (Å²) in [7, 11) is 0. The lowest BCUT2D eigenvalue weighted by atomic mass is 10.2. The average Bonchev–Trinajstić information content (AvgIpc) is 2.59. The highest BCUT2D eigenvalue weighted by Gasteiger charge is 2.14. The van der Waals surface area contributed by atoms with Gasteiger partial charge in [-0.25, -0.2) is 0 Å². The zero-order valence-electron chi connectivity index (χ0n) is 13.0. The predicted molar refractivity (Wildman–Crippen MR) is 110 cm³/mol. The smallest absolute Gasteiger partial charge is 0.0845 e. The van der Waals surface area contributed by atoms with Crippen LogP contribution in [0.1, 0.15) is 10.1 Å². The molecule has 0 aromatic heterocycles. The van der Waals surface area contributed by atoms with Gasteiger partial charge in [-0.05, 0) is 54.1 Å². The largest absolute Gasteiger partial charge is 0.399 e. The van der Waals surface area contributed by atoms with Crippen molar-refractivity contribution in [2.45, 2.75) is 14.4 Å². The van der Waals surface area contributed by atoms with Gasteiger partial charge in [0, 0.05) is 21.2 Å². The molecular formula is C19H19ClN2S2. The third-order valence-corrected chi connectivity index (χ3v) is 5.96. The number of hydrogen-bond acceptors (Lipinski definition) is 4. The first-order chi connectivity index (χ1) is 11.2. The van der Waals surface area contributed by atoms with Crippen molar-refractivity contribution < 1.29 is 0 Å². The van der Waals surface area contributed by atoms with Gasteiger partial charge in [0.2, 0.25) is 0 Å². The first-order valence-electron chi connectivity index (χ1n) is 7.30. The van der Waals surface area contributed by atoms with Crippen LogP contribution in [0.15, 0.2) is 88.7 Å². The van der Waals surface area contributed by atoms with Crippen LogP contribution in [-0.2, 0) is 0 Å². The molecule has 0 saturated heterocycles. The summed E-state index contributed by atoms with van der Waals surface area (Å²) in [6.45, 7) is 0. The third kappa shape index (κ3) is 5.13. The highest BCUT2D eigenvalue weighted by atomic mass is 35.5. The molecule has 3 rings (SSSR count). The molecule has 0 bridgehead atoms. The van der Waals surface area contributed by atoms with Crippen LogP contribution in [0.4, 0.5) is 11.4 Å². The third-order valence-electron chi connectivity index (χ3n) is 3.32. The van der Waals surface area contributed by atoms with Crippen LogP contribution in [0.2, 0.25) is 0 Å². The minimum Gasteiger partial charge on any atom is -0.399 e. The zero-order chi connectivity index (χ0) is 16.1. The second-order valence-corrected chi connectivity index (χ2v) is 7.77. The summed E-state index contributed by atoms with van der Waals surface area (Å²) in [5, 5.41) is 0. The van der Waals surface area contributed by atoms with E-state index in [1.54, 1.807) is 0 Å². The Morgan fingerprint density at radius 3 is 1.42 bits per heavy atom. The summed E-state index contributed by atoms with van der Waals surface area (Å²) in [5.41, 5.74) is 14.4. The fourth-order valence-corrected chi connectivity index (χ4v) is 4.64. The SMILES string of the molecule is Cl.Nc1ccc(SC(Sc2ccc(N)cc2)c2ccccc2)cc1. The number of anilines is 2. The molecule has 0 saturated carbocycles. The molecule has 3 aromatic rings. The number of thioether (sulfide) groups is 2. The van der Waals surface area contributed by atoms with Gasteiger partial charge < -0.3 is 11.5 Å². The molecule has 0 amide bonds. The van der Waals surface area contributed by atoms with Gasteiger partial charge in [-0.2, -0.15) is 0 Å². The van der Waals surface area contributed by atoms with Gasteiger partial charge in [-0.1, -0.05) is 30.3 Å². The van der Waals surface area contributed by atoms with Gasteiger partial charge in [-0.15, -0.1) is 35.9 Å². The Morgan fingerprint density at radius 2 is 1.00 bits per heavy atom. The molecule has 0 heterocycles. The summed E-state index contributed by atoms with van der Waals surface area (Å²) in [6.07, 6.45) is 0. The van der Waals surface area contributed by atoms with Gasteiger partial charge in [0.15, 0.2) is 0 Å². The summed E-state index contributed by atoms with van der Waals surface area (Å²) in [5.74, 6) is 0. The van der Waals surface area contributed by atoms with Crippen LogP contribution in [0.5, 0.6) is 0 Å². The minimum absolute atomic E-state index is 0. The molecule has 124 valence electrons. The lowest BCUT2D eigenvalue weighted by Crippen LogP contribution is -1.90. The van der Waals surface area contributed by atoms with Gasteiger partial charge in [-0.3, -0.25) is 0 Å². The van der Waals surface area contributed by atoms with Crippen molar-refractivity contribution in [2.75, 3.05) is 11.5 Å². The summed E-state index contributed by atoms with van der Waals surface area (Å²) in [4.78, 5) is 2.41. The molecule has 0 unspecified atom stereocenters. The summed E-state index contributed by atoms with van der Waals surface area (Å²) in [6, 6.07) is 26.6. The van der Waals surface area contributed by atoms with E-state index in [9.17, 15) is 0 Å². The minimum atomic E-state index is 0. The maximum atomic E-state index is 5.78. The maximum Gasteiger partial charge on any atom is 0.0845 e. The second kappa shape index (κ2) is 8.92. The lowest BCUT2D eigenvalue weighted by Gasteiger charge is -2.17. The van der Waals surface area contributed by atoms with Crippen molar-refractivity contribution >= 4 is 47.3 Å². The number of hydrogen-bond donors (Lipinski definition) is 2. The Morgan fingerprint density at radius 1 is 0.583 bits per heavy atom. The number of rotatable bonds is 5. The fourth-order valence-electron chi connectivity index (χ4n) is 2.11. The van der Waals surface area contributed by atoms with E-state index in [0.29, 0.717) is 0 Å². The number of halogens is 1. The maximum absolute atomic E-state index is 5.78. The van der Waals surface area contributed by atoms with Crippen molar-refractivity contribution in [2.24, 2.45) is 0 Å². The molecule has 24 heavy (non-hydrogen) atoms. The molecule has 0 aliphatic rings. The highest BCUT2D eigenvalue weighted by molar-refractivity contribution is 8.16. The molecule has 0 radical (unpaired) electrons. The molecule has 0 atom stereocenters. The number of nitrogens with two attached hydrogens (primary N) is 2. The van der Waals surface area contributed by atoms with Gasteiger partial charge >= 0.3 is 0 Å². The molecule has 0 aliphatic heterocycles. The monoisotopic (exact) mass is 374 g/mol. The van der Waals surface area contributed by atoms with E-state index in [0.717, 1.165) is 11.4 Å². The Balaban J connectivity index is 0.00000208. The van der Waals surface area contributed by atoms with E-state index in [4.69, 9.17) is 11.5 Å². The van der Waals surface area contributed by atoms with Gasteiger partial charge in [0.1, 0.15) is 0 Å². The van der Waals surface area contributed by atoms with Gasteiger partial charge in [0.25, 0.3) is 0 Å². The topological polar surface area (TPSA) is 52.0 Å². The van der Waals surface area contributed by atoms with Crippen LogP contribution in [0.25, 0.3) is 0 Å². The Bertz CT molecular complexity index is 699. The molecule has 2 nitrogen and oxygen atoms in total. The van der Waals surface area contributed by atoms with E-state index >= 15 is 0 Å². The lowest BCUT2D eigenvalue weighted by molar-refractivity contribution is 1.33. The van der Waals surface area contributed by atoms with E-state index in [1.165, 1.54) is 15.4 Å². The van der Waals surface area contributed by atoms with E-state index in [-0.39, 0.29) is 17.0 Å². The number of benzene rings is 3. The second-order valence-electron chi connectivity index (χ2n) is 5.12. The summed E-state index contributed by atoms with van der Waals surface area (Å²) < 4.78 is 0.267. The van der Waals surface area contributed by atoms with Crippen LogP contribution in [-0.4, -0.2) is 0 Å². The molecule has 4 N–H and O–H groups in total. The van der Waals surface area contributed by atoms with Crippen molar-refractivity contribution in [1.29, 1.82) is 0 Å². The van der Waals surface area contributed by atoms with Gasteiger partial charge in [0.05, 0.1) is 4.58 Å². The zero-order valence-corrected chi connectivity index (χ0v) is 15.4. The summed E-state index contributed by atoms with van der Waals surface area (Å²) >= 11 is 3.65. The first-order valence-corrected chi connectivity index (χ1v) is 9.06. The fraction of sp³-hybridized carbons (Fsp3) is 0.0526. The molecule has 0 fully saturated rings. The highest BCUT2D eigenvalue weighted by Crippen LogP contribution is 2.47.